The Kier molecular flexibility index (Phi) is 6.63. The molecule has 0 atom stereocenters. The zero-order chi connectivity index (χ0) is 21.7. The topological polar surface area (TPSA) is 42.5 Å². The Morgan fingerprint density at radius 2 is 1.30 bits per heavy atom. The van der Waals surface area contributed by atoms with E-state index in [1.54, 1.807) is 24.3 Å². The third-order valence-corrected chi connectivity index (χ3v) is 4.08. The van der Waals surface area contributed by atoms with Crippen molar-refractivity contribution in [2.45, 2.75) is 6.36 Å². The Bertz CT molecular complexity index is 1030. The molecule has 3 rings (SSSR count). The van der Waals surface area contributed by atoms with E-state index in [2.05, 4.69) is 15.4 Å². The van der Waals surface area contributed by atoms with Crippen molar-refractivity contribution in [1.82, 2.24) is 0 Å². The van der Waals surface area contributed by atoms with E-state index >= 15 is 0 Å². The molecule has 0 heterocycles. The van der Waals surface area contributed by atoms with Gasteiger partial charge in [0.1, 0.15) is 23.1 Å². The molecule has 10 heteroatoms. The van der Waals surface area contributed by atoms with Gasteiger partial charge in [0.25, 0.3) is 0 Å². The van der Waals surface area contributed by atoms with Gasteiger partial charge in [-0.15, -0.1) is 13.2 Å². The van der Waals surface area contributed by atoms with Crippen LogP contribution >= 0.6 is 23.8 Å². The molecule has 0 fully saturated rings. The van der Waals surface area contributed by atoms with Crippen molar-refractivity contribution in [3.05, 3.63) is 77.6 Å². The van der Waals surface area contributed by atoms with Crippen LogP contribution < -0.4 is 20.1 Å². The molecule has 0 spiro atoms. The molecule has 0 aliphatic carbocycles. The molecule has 0 saturated heterocycles. The van der Waals surface area contributed by atoms with E-state index in [0.717, 1.165) is 12.1 Å². The van der Waals surface area contributed by atoms with Crippen LogP contribution in [0.3, 0.4) is 0 Å². The number of benzene rings is 3. The molecule has 156 valence electrons. The summed E-state index contributed by atoms with van der Waals surface area (Å²) in [5, 5.41) is 6.07. The fourth-order valence-electron chi connectivity index (χ4n) is 2.32. The quantitative estimate of drug-likeness (QED) is 0.320. The molecule has 0 saturated carbocycles. The highest BCUT2D eigenvalue weighted by Gasteiger charge is 2.30. The molecule has 0 bridgehead atoms. The van der Waals surface area contributed by atoms with Crippen molar-refractivity contribution in [1.29, 1.82) is 0 Å². The smallest absolute Gasteiger partial charge is 0.457 e. The number of hydrogen-bond acceptors (Lipinski definition) is 3. The number of halogens is 5. The van der Waals surface area contributed by atoms with Crippen molar-refractivity contribution in [3.63, 3.8) is 0 Å². The molecule has 0 aromatic heterocycles. The third kappa shape index (κ3) is 6.50. The molecule has 0 unspecified atom stereocenters. The van der Waals surface area contributed by atoms with Crippen molar-refractivity contribution < 1.29 is 27.0 Å². The van der Waals surface area contributed by atoms with Gasteiger partial charge in [-0.3, -0.25) is 0 Å². The van der Waals surface area contributed by atoms with Gasteiger partial charge in [-0.2, -0.15) is 0 Å². The van der Waals surface area contributed by atoms with Gasteiger partial charge in [-0.1, -0.05) is 11.6 Å². The van der Waals surface area contributed by atoms with Gasteiger partial charge in [0.2, 0.25) is 0 Å². The van der Waals surface area contributed by atoms with Gasteiger partial charge in [0.05, 0.1) is 5.02 Å². The zero-order valence-electron chi connectivity index (χ0n) is 15.0. The van der Waals surface area contributed by atoms with Gasteiger partial charge >= 0.3 is 6.36 Å². The average Bonchev–Trinajstić information content (AvgIpc) is 2.67. The maximum Gasteiger partial charge on any atom is 0.573 e. The lowest BCUT2D eigenvalue weighted by atomic mass is 10.3. The largest absolute Gasteiger partial charge is 0.573 e. The van der Waals surface area contributed by atoms with Crippen molar-refractivity contribution in [2.75, 3.05) is 10.6 Å². The van der Waals surface area contributed by atoms with Gasteiger partial charge in [0.15, 0.2) is 5.11 Å². The van der Waals surface area contributed by atoms with Gasteiger partial charge in [0, 0.05) is 11.4 Å². The van der Waals surface area contributed by atoms with Crippen molar-refractivity contribution in [3.8, 4) is 17.2 Å². The highest BCUT2D eigenvalue weighted by Crippen LogP contribution is 2.28. The highest BCUT2D eigenvalue weighted by molar-refractivity contribution is 7.80. The normalized spacial score (nSPS) is 11.0. The molecule has 3 aromatic carbocycles. The number of hydrogen-bond donors (Lipinski definition) is 2. The van der Waals surface area contributed by atoms with Crippen LogP contribution in [-0.2, 0) is 0 Å². The molecule has 3 aromatic rings. The Morgan fingerprint density at radius 1 is 0.800 bits per heavy atom. The van der Waals surface area contributed by atoms with Crippen LogP contribution in [0.4, 0.5) is 28.9 Å². The van der Waals surface area contributed by atoms with E-state index in [4.69, 9.17) is 28.6 Å². The second-order valence-corrected chi connectivity index (χ2v) is 6.67. The summed E-state index contributed by atoms with van der Waals surface area (Å²) in [6.07, 6.45) is -4.75. The SMILES string of the molecule is Fc1ccc(NC(=S)Nc2ccc(Oc3ccc(OC(F)(F)F)cc3)cc2)cc1Cl. The molecule has 0 aliphatic heterocycles. The minimum Gasteiger partial charge on any atom is -0.457 e. The maximum atomic E-state index is 13.2. The summed E-state index contributed by atoms with van der Waals surface area (Å²) in [5.41, 5.74) is 1.18. The molecule has 0 radical (unpaired) electrons. The van der Waals surface area contributed by atoms with Crippen LogP contribution in [-0.4, -0.2) is 11.5 Å². The second kappa shape index (κ2) is 9.19. The van der Waals surface area contributed by atoms with E-state index in [0.29, 0.717) is 22.9 Å². The van der Waals surface area contributed by atoms with E-state index < -0.39 is 12.2 Å². The van der Waals surface area contributed by atoms with E-state index in [-0.39, 0.29) is 15.9 Å². The summed E-state index contributed by atoms with van der Waals surface area (Å²) in [6, 6.07) is 15.9. The molecule has 2 N–H and O–H groups in total. The summed E-state index contributed by atoms with van der Waals surface area (Å²) in [5.74, 6) is -0.0538. The van der Waals surface area contributed by atoms with Crippen LogP contribution in [0.2, 0.25) is 5.02 Å². The second-order valence-electron chi connectivity index (χ2n) is 5.85. The van der Waals surface area contributed by atoms with Crippen LogP contribution in [0.1, 0.15) is 0 Å². The van der Waals surface area contributed by atoms with Crippen LogP contribution in [0.5, 0.6) is 17.2 Å². The summed E-state index contributed by atoms with van der Waals surface area (Å²) >= 11 is 10.9. The summed E-state index contributed by atoms with van der Waals surface area (Å²) in [6.45, 7) is 0. The number of ether oxygens (including phenoxy) is 2. The number of anilines is 2. The Labute approximate surface area is 179 Å². The van der Waals surface area contributed by atoms with Crippen molar-refractivity contribution in [2.24, 2.45) is 0 Å². The predicted octanol–water partition coefficient (Wildman–Crippen LogP) is 6.98. The predicted molar refractivity (Wildman–Crippen MR) is 111 cm³/mol. The summed E-state index contributed by atoms with van der Waals surface area (Å²) in [7, 11) is 0. The molecule has 4 nitrogen and oxygen atoms in total. The third-order valence-electron chi connectivity index (χ3n) is 3.58. The first-order chi connectivity index (χ1) is 14.2. The first kappa shape index (κ1) is 21.7. The number of alkyl halides is 3. The summed E-state index contributed by atoms with van der Waals surface area (Å²) in [4.78, 5) is 0. The lowest BCUT2D eigenvalue weighted by molar-refractivity contribution is -0.274. The van der Waals surface area contributed by atoms with Gasteiger partial charge in [-0.25, -0.2) is 4.39 Å². The molecule has 0 aliphatic rings. The average molecular weight is 457 g/mol. The monoisotopic (exact) mass is 456 g/mol. The Hall–Kier alpha value is -3.04. The minimum absolute atomic E-state index is 0.0256. The molecule has 30 heavy (non-hydrogen) atoms. The Balaban J connectivity index is 1.55. The maximum absolute atomic E-state index is 13.2. The fourth-order valence-corrected chi connectivity index (χ4v) is 2.74. The van der Waals surface area contributed by atoms with E-state index in [1.165, 1.54) is 30.3 Å². The zero-order valence-corrected chi connectivity index (χ0v) is 16.5. The van der Waals surface area contributed by atoms with Gasteiger partial charge < -0.3 is 20.1 Å². The lowest BCUT2D eigenvalue weighted by Gasteiger charge is -2.12. The first-order valence-electron chi connectivity index (χ1n) is 8.35. The van der Waals surface area contributed by atoms with Crippen LogP contribution in [0.15, 0.2) is 66.7 Å². The van der Waals surface area contributed by atoms with Crippen molar-refractivity contribution >= 4 is 40.3 Å². The first-order valence-corrected chi connectivity index (χ1v) is 9.13. The minimum atomic E-state index is -4.75. The number of rotatable bonds is 5. The molecular formula is C20H13ClF4N2O2S. The van der Waals surface area contributed by atoms with E-state index in [1.807, 2.05) is 0 Å². The number of thiocarbonyl (C=S) groups is 1. The summed E-state index contributed by atoms with van der Waals surface area (Å²) < 4.78 is 59.1. The molecule has 0 amide bonds. The standard InChI is InChI=1S/C20H13ClF4N2O2S/c21-17-11-13(3-10-18(17)22)27-19(30)26-12-1-4-14(5-2-12)28-15-6-8-16(9-7-15)29-20(23,24)25/h1-11H,(H2,26,27,30). The highest BCUT2D eigenvalue weighted by atomic mass is 35.5. The van der Waals surface area contributed by atoms with Gasteiger partial charge in [-0.05, 0) is 78.9 Å². The molecular weight excluding hydrogens is 444 g/mol. The van der Waals surface area contributed by atoms with E-state index in [9.17, 15) is 17.6 Å². The fraction of sp³-hybridized carbons (Fsp3) is 0.0500. The number of nitrogens with one attached hydrogen (secondary N) is 2. The van der Waals surface area contributed by atoms with Crippen LogP contribution in [0, 0.1) is 5.82 Å². The van der Waals surface area contributed by atoms with Crippen LogP contribution in [0.25, 0.3) is 0 Å². The Morgan fingerprint density at radius 3 is 1.87 bits per heavy atom. The lowest BCUT2D eigenvalue weighted by Crippen LogP contribution is -2.19.